The van der Waals surface area contributed by atoms with Crippen LogP contribution < -0.4 is 5.32 Å². The molecule has 0 saturated heterocycles. The second-order valence-electron chi connectivity index (χ2n) is 2.51. The van der Waals surface area contributed by atoms with E-state index in [-0.39, 0.29) is 6.61 Å². The van der Waals surface area contributed by atoms with Gasteiger partial charge in [-0.25, -0.2) is 4.98 Å². The fourth-order valence-corrected chi connectivity index (χ4v) is 1.25. The molecular formula is C7H12ClN3O. The highest BCUT2D eigenvalue weighted by molar-refractivity contribution is 6.31. The van der Waals surface area contributed by atoms with Gasteiger partial charge in [0.2, 0.25) is 0 Å². The number of hydrogen-bond donors (Lipinski definition) is 2. The van der Waals surface area contributed by atoms with Gasteiger partial charge in [-0.1, -0.05) is 11.6 Å². The first-order chi connectivity index (χ1) is 5.66. The predicted octanol–water partition coefficient (Wildman–Crippen LogP) is 0.786. The Kier molecular flexibility index (Phi) is 2.94. The van der Waals surface area contributed by atoms with Crippen LogP contribution in [-0.2, 0) is 7.05 Å². The van der Waals surface area contributed by atoms with Crippen LogP contribution in [0.1, 0.15) is 5.82 Å². The van der Waals surface area contributed by atoms with Crippen LogP contribution >= 0.6 is 11.6 Å². The van der Waals surface area contributed by atoms with Crippen molar-refractivity contribution in [3.05, 3.63) is 11.0 Å². The summed E-state index contributed by atoms with van der Waals surface area (Å²) in [7, 11) is 1.87. The molecule has 0 radical (unpaired) electrons. The van der Waals surface area contributed by atoms with Crippen LogP contribution in [0.25, 0.3) is 0 Å². The second kappa shape index (κ2) is 3.78. The van der Waals surface area contributed by atoms with Gasteiger partial charge in [-0.2, -0.15) is 0 Å². The smallest absolute Gasteiger partial charge is 0.171 e. The van der Waals surface area contributed by atoms with Gasteiger partial charge in [0.05, 0.1) is 6.61 Å². The summed E-state index contributed by atoms with van der Waals surface area (Å²) in [5.74, 6) is 1.60. The van der Waals surface area contributed by atoms with Crippen LogP contribution in [0.15, 0.2) is 0 Å². The number of rotatable bonds is 3. The highest BCUT2D eigenvalue weighted by Crippen LogP contribution is 2.20. The van der Waals surface area contributed by atoms with Crippen LogP contribution in [0, 0.1) is 6.92 Å². The van der Waals surface area contributed by atoms with E-state index in [4.69, 9.17) is 16.7 Å². The third-order valence-electron chi connectivity index (χ3n) is 1.68. The molecule has 4 nitrogen and oxygen atoms in total. The first kappa shape index (κ1) is 9.35. The van der Waals surface area contributed by atoms with E-state index in [0.29, 0.717) is 11.7 Å². The molecule has 5 heteroatoms. The fourth-order valence-electron chi connectivity index (χ4n) is 0.936. The molecule has 1 aromatic rings. The molecule has 68 valence electrons. The molecule has 2 N–H and O–H groups in total. The summed E-state index contributed by atoms with van der Waals surface area (Å²) >= 11 is 5.81. The molecule has 0 fully saturated rings. The molecular weight excluding hydrogens is 178 g/mol. The number of aliphatic hydroxyl groups is 1. The first-order valence-electron chi connectivity index (χ1n) is 3.70. The number of aryl methyl sites for hydroxylation is 1. The normalized spacial score (nSPS) is 10.3. The van der Waals surface area contributed by atoms with Gasteiger partial charge in [0.1, 0.15) is 11.6 Å². The number of nitrogens with one attached hydrogen (secondary N) is 1. The molecule has 0 bridgehead atoms. The molecule has 1 heterocycles. The maximum Gasteiger partial charge on any atom is 0.171 e. The predicted molar refractivity (Wildman–Crippen MR) is 48.5 cm³/mol. The molecule has 0 atom stereocenters. The van der Waals surface area contributed by atoms with E-state index < -0.39 is 0 Å². The van der Waals surface area contributed by atoms with Gasteiger partial charge >= 0.3 is 0 Å². The second-order valence-corrected chi connectivity index (χ2v) is 2.87. The maximum atomic E-state index is 8.58. The summed E-state index contributed by atoms with van der Waals surface area (Å²) in [5, 5.41) is 12.0. The van der Waals surface area contributed by atoms with E-state index in [9.17, 15) is 0 Å². The van der Waals surface area contributed by atoms with Crippen molar-refractivity contribution in [2.45, 2.75) is 6.92 Å². The number of aliphatic hydroxyl groups excluding tert-OH is 1. The lowest BCUT2D eigenvalue weighted by atomic mass is 10.6. The van der Waals surface area contributed by atoms with Gasteiger partial charge in [-0.05, 0) is 6.92 Å². The Morgan fingerprint density at radius 3 is 2.75 bits per heavy atom. The molecule has 0 saturated carbocycles. The molecule has 0 amide bonds. The van der Waals surface area contributed by atoms with Crippen molar-refractivity contribution in [1.29, 1.82) is 0 Å². The van der Waals surface area contributed by atoms with E-state index in [1.54, 1.807) is 0 Å². The summed E-state index contributed by atoms with van der Waals surface area (Å²) in [6.07, 6.45) is 0. The molecule has 12 heavy (non-hydrogen) atoms. The summed E-state index contributed by atoms with van der Waals surface area (Å²) in [6.45, 7) is 2.44. The van der Waals surface area contributed by atoms with Crippen molar-refractivity contribution in [2.24, 2.45) is 7.05 Å². The Morgan fingerprint density at radius 1 is 1.67 bits per heavy atom. The highest BCUT2D eigenvalue weighted by atomic mass is 35.5. The lowest BCUT2D eigenvalue weighted by Crippen LogP contribution is -2.09. The summed E-state index contributed by atoms with van der Waals surface area (Å²) in [5.41, 5.74) is 0. The molecule has 0 unspecified atom stereocenters. The SMILES string of the molecule is Cc1nc(Cl)c(NCCO)n1C. The van der Waals surface area contributed by atoms with Gasteiger partial charge in [0.15, 0.2) is 5.15 Å². The fraction of sp³-hybridized carbons (Fsp3) is 0.571. The van der Waals surface area contributed by atoms with Crippen molar-refractivity contribution in [3.63, 3.8) is 0 Å². The lowest BCUT2D eigenvalue weighted by molar-refractivity contribution is 0.311. The van der Waals surface area contributed by atoms with E-state index in [0.717, 1.165) is 11.6 Å². The van der Waals surface area contributed by atoms with Gasteiger partial charge < -0.3 is 15.0 Å². The number of nitrogens with zero attached hydrogens (tertiary/aromatic N) is 2. The monoisotopic (exact) mass is 189 g/mol. The zero-order valence-electron chi connectivity index (χ0n) is 7.13. The summed E-state index contributed by atoms with van der Waals surface area (Å²) in [6, 6.07) is 0. The van der Waals surface area contributed by atoms with Crippen molar-refractivity contribution < 1.29 is 5.11 Å². The van der Waals surface area contributed by atoms with Crippen LogP contribution in [0.4, 0.5) is 5.82 Å². The summed E-state index contributed by atoms with van der Waals surface area (Å²) in [4.78, 5) is 4.05. The largest absolute Gasteiger partial charge is 0.395 e. The molecule has 0 aliphatic rings. The Labute approximate surface area is 76.2 Å². The molecule has 0 aliphatic heterocycles. The Hall–Kier alpha value is -0.740. The quantitative estimate of drug-likeness (QED) is 0.739. The average Bonchev–Trinajstić information content (AvgIpc) is 2.25. The standard InChI is InChI=1S/C7H12ClN3O/c1-5-10-6(8)7(11(5)2)9-3-4-12/h9,12H,3-4H2,1-2H3. The van der Waals surface area contributed by atoms with Gasteiger partial charge in [0.25, 0.3) is 0 Å². The Bertz CT molecular complexity index is 272. The van der Waals surface area contributed by atoms with Gasteiger partial charge in [0, 0.05) is 13.6 Å². The van der Waals surface area contributed by atoms with E-state index >= 15 is 0 Å². The highest BCUT2D eigenvalue weighted by Gasteiger charge is 2.08. The number of halogens is 1. The number of anilines is 1. The topological polar surface area (TPSA) is 50.1 Å². The van der Waals surface area contributed by atoms with Crippen molar-refractivity contribution in [3.8, 4) is 0 Å². The van der Waals surface area contributed by atoms with Crippen molar-refractivity contribution >= 4 is 17.4 Å². The molecule has 1 aromatic heterocycles. The number of hydrogen-bond acceptors (Lipinski definition) is 3. The van der Waals surface area contributed by atoms with Crippen LogP contribution in [-0.4, -0.2) is 27.8 Å². The van der Waals surface area contributed by atoms with Crippen LogP contribution in [0.2, 0.25) is 5.15 Å². The minimum Gasteiger partial charge on any atom is -0.395 e. The third kappa shape index (κ3) is 1.70. The molecule has 1 rings (SSSR count). The molecule has 0 spiro atoms. The van der Waals surface area contributed by atoms with Crippen molar-refractivity contribution in [2.75, 3.05) is 18.5 Å². The summed E-state index contributed by atoms with van der Waals surface area (Å²) < 4.78 is 1.85. The third-order valence-corrected chi connectivity index (χ3v) is 1.94. The van der Waals surface area contributed by atoms with E-state index in [1.165, 1.54) is 0 Å². The Balaban J connectivity index is 2.82. The van der Waals surface area contributed by atoms with Crippen molar-refractivity contribution in [1.82, 2.24) is 9.55 Å². The minimum absolute atomic E-state index is 0.0839. The average molecular weight is 190 g/mol. The minimum atomic E-state index is 0.0839. The van der Waals surface area contributed by atoms with Gasteiger partial charge in [-0.15, -0.1) is 0 Å². The Morgan fingerprint density at radius 2 is 2.33 bits per heavy atom. The number of aromatic nitrogens is 2. The molecule has 0 aromatic carbocycles. The zero-order chi connectivity index (χ0) is 9.14. The first-order valence-corrected chi connectivity index (χ1v) is 4.08. The van der Waals surface area contributed by atoms with Crippen LogP contribution in [0.3, 0.4) is 0 Å². The number of imidazole rings is 1. The van der Waals surface area contributed by atoms with Gasteiger partial charge in [-0.3, -0.25) is 0 Å². The molecule has 0 aliphatic carbocycles. The lowest BCUT2D eigenvalue weighted by Gasteiger charge is -2.05. The van der Waals surface area contributed by atoms with E-state index in [1.807, 2.05) is 18.5 Å². The maximum absolute atomic E-state index is 8.58. The van der Waals surface area contributed by atoms with E-state index in [2.05, 4.69) is 10.3 Å². The van der Waals surface area contributed by atoms with Crippen LogP contribution in [0.5, 0.6) is 0 Å². The zero-order valence-corrected chi connectivity index (χ0v) is 7.89.